The normalized spacial score (nSPS) is 19.2. The van der Waals surface area contributed by atoms with Crippen molar-refractivity contribution in [2.24, 2.45) is 0 Å². The molecule has 15 heavy (non-hydrogen) atoms. The average Bonchev–Trinajstić information content (AvgIpc) is 2.14. The van der Waals surface area contributed by atoms with Crippen LogP contribution in [0.1, 0.15) is 32.6 Å². The predicted octanol–water partition coefficient (Wildman–Crippen LogP) is 1.49. The Balaban J connectivity index is 2.26. The number of hydrogen-bond donors (Lipinski definition) is 1. The van der Waals surface area contributed by atoms with Gasteiger partial charge in [0.1, 0.15) is 0 Å². The SMILES string of the molecule is CCCNCC(COC)N(C)C1CCC1. The molecule has 0 spiro atoms. The van der Waals surface area contributed by atoms with Crippen molar-refractivity contribution in [3.05, 3.63) is 0 Å². The van der Waals surface area contributed by atoms with Gasteiger partial charge in [-0.25, -0.2) is 0 Å². The van der Waals surface area contributed by atoms with Crippen molar-refractivity contribution in [2.45, 2.75) is 44.7 Å². The number of nitrogens with zero attached hydrogens (tertiary/aromatic N) is 1. The molecule has 0 saturated heterocycles. The van der Waals surface area contributed by atoms with E-state index >= 15 is 0 Å². The first kappa shape index (κ1) is 12.9. The van der Waals surface area contributed by atoms with Gasteiger partial charge >= 0.3 is 0 Å². The Labute approximate surface area is 94.2 Å². The second-order valence-electron chi connectivity index (χ2n) is 4.56. The third-order valence-corrected chi connectivity index (χ3v) is 3.39. The summed E-state index contributed by atoms with van der Waals surface area (Å²) in [6.45, 7) is 5.20. The lowest BCUT2D eigenvalue weighted by Crippen LogP contribution is -2.50. The predicted molar refractivity (Wildman–Crippen MR) is 64.2 cm³/mol. The van der Waals surface area contributed by atoms with Crippen molar-refractivity contribution in [1.82, 2.24) is 10.2 Å². The monoisotopic (exact) mass is 214 g/mol. The van der Waals surface area contributed by atoms with E-state index < -0.39 is 0 Å². The maximum absolute atomic E-state index is 5.29. The topological polar surface area (TPSA) is 24.5 Å². The molecule has 0 bridgehead atoms. The third-order valence-electron chi connectivity index (χ3n) is 3.39. The van der Waals surface area contributed by atoms with Crippen molar-refractivity contribution in [1.29, 1.82) is 0 Å². The standard InChI is InChI=1S/C12H26N2O/c1-4-8-13-9-12(10-15-3)14(2)11-6-5-7-11/h11-13H,4-10H2,1-3H3. The van der Waals surface area contributed by atoms with Crippen LogP contribution in [0.25, 0.3) is 0 Å². The van der Waals surface area contributed by atoms with Crippen LogP contribution in [0.3, 0.4) is 0 Å². The molecule has 1 rings (SSSR count). The summed E-state index contributed by atoms with van der Waals surface area (Å²) in [7, 11) is 4.03. The Morgan fingerprint density at radius 1 is 1.47 bits per heavy atom. The number of ether oxygens (including phenoxy) is 1. The van der Waals surface area contributed by atoms with Gasteiger partial charge < -0.3 is 10.1 Å². The molecule has 0 aromatic carbocycles. The van der Waals surface area contributed by atoms with Crippen molar-refractivity contribution in [3.63, 3.8) is 0 Å². The van der Waals surface area contributed by atoms with E-state index in [1.807, 2.05) is 0 Å². The lowest BCUT2D eigenvalue weighted by molar-refractivity contribution is 0.0524. The Bertz CT molecular complexity index is 160. The maximum Gasteiger partial charge on any atom is 0.0630 e. The molecule has 1 N–H and O–H groups in total. The Morgan fingerprint density at radius 3 is 2.67 bits per heavy atom. The maximum atomic E-state index is 5.29. The number of rotatable bonds is 8. The zero-order valence-corrected chi connectivity index (χ0v) is 10.5. The molecule has 1 atom stereocenters. The first-order valence-electron chi connectivity index (χ1n) is 6.21. The molecule has 0 aliphatic heterocycles. The molecule has 1 aliphatic carbocycles. The molecule has 0 amide bonds. The van der Waals surface area contributed by atoms with Crippen LogP contribution in [0.15, 0.2) is 0 Å². The highest BCUT2D eigenvalue weighted by molar-refractivity contribution is 4.83. The zero-order chi connectivity index (χ0) is 11.1. The van der Waals surface area contributed by atoms with Gasteiger partial charge in [-0.3, -0.25) is 4.90 Å². The molecule has 0 aromatic heterocycles. The van der Waals surface area contributed by atoms with Crippen molar-refractivity contribution >= 4 is 0 Å². The molecule has 0 radical (unpaired) electrons. The van der Waals surface area contributed by atoms with Gasteiger partial charge in [0, 0.05) is 25.7 Å². The Hall–Kier alpha value is -0.120. The summed E-state index contributed by atoms with van der Waals surface area (Å²) in [5.74, 6) is 0. The van der Waals surface area contributed by atoms with E-state index in [9.17, 15) is 0 Å². The number of nitrogens with one attached hydrogen (secondary N) is 1. The molecular formula is C12H26N2O. The first-order valence-corrected chi connectivity index (χ1v) is 6.21. The van der Waals surface area contributed by atoms with E-state index in [4.69, 9.17) is 4.74 Å². The van der Waals surface area contributed by atoms with E-state index in [0.29, 0.717) is 6.04 Å². The highest BCUT2D eigenvalue weighted by atomic mass is 16.5. The summed E-state index contributed by atoms with van der Waals surface area (Å²) in [5, 5.41) is 3.48. The number of methoxy groups -OCH3 is 1. The van der Waals surface area contributed by atoms with Crippen molar-refractivity contribution in [3.8, 4) is 0 Å². The van der Waals surface area contributed by atoms with Crippen molar-refractivity contribution in [2.75, 3.05) is 33.9 Å². The number of hydrogen-bond acceptors (Lipinski definition) is 3. The van der Waals surface area contributed by atoms with Gasteiger partial charge in [0.05, 0.1) is 6.61 Å². The largest absolute Gasteiger partial charge is 0.383 e. The molecular weight excluding hydrogens is 188 g/mol. The summed E-state index contributed by atoms with van der Waals surface area (Å²) in [5.41, 5.74) is 0. The molecule has 0 heterocycles. The third kappa shape index (κ3) is 4.09. The molecule has 3 heteroatoms. The molecule has 90 valence electrons. The van der Waals surface area contributed by atoms with Crippen LogP contribution in [0, 0.1) is 0 Å². The van der Waals surface area contributed by atoms with Crippen LogP contribution < -0.4 is 5.32 Å². The van der Waals surface area contributed by atoms with Gasteiger partial charge in [-0.2, -0.15) is 0 Å². The Kier molecular flexibility index (Phi) is 6.22. The van der Waals surface area contributed by atoms with Crippen molar-refractivity contribution < 1.29 is 4.74 Å². The second-order valence-corrected chi connectivity index (χ2v) is 4.56. The summed E-state index contributed by atoms with van der Waals surface area (Å²) < 4.78 is 5.29. The van der Waals surface area contributed by atoms with Crippen LogP contribution in [-0.4, -0.2) is 50.8 Å². The lowest BCUT2D eigenvalue weighted by Gasteiger charge is -2.39. The molecule has 1 saturated carbocycles. The van der Waals surface area contributed by atoms with E-state index in [2.05, 4.69) is 24.2 Å². The van der Waals surface area contributed by atoms with Crippen LogP contribution >= 0.6 is 0 Å². The van der Waals surface area contributed by atoms with Gasteiger partial charge in [0.15, 0.2) is 0 Å². The van der Waals surface area contributed by atoms with E-state index in [-0.39, 0.29) is 0 Å². The quantitative estimate of drug-likeness (QED) is 0.620. The second kappa shape index (κ2) is 7.20. The minimum atomic E-state index is 0.534. The summed E-state index contributed by atoms with van der Waals surface area (Å²) in [4.78, 5) is 2.50. The first-order chi connectivity index (χ1) is 7.29. The molecule has 1 aliphatic rings. The summed E-state index contributed by atoms with van der Waals surface area (Å²) in [6.07, 6.45) is 5.33. The molecule has 1 fully saturated rings. The summed E-state index contributed by atoms with van der Waals surface area (Å²) in [6, 6.07) is 1.33. The Morgan fingerprint density at radius 2 is 2.20 bits per heavy atom. The average molecular weight is 214 g/mol. The zero-order valence-electron chi connectivity index (χ0n) is 10.5. The summed E-state index contributed by atoms with van der Waals surface area (Å²) >= 11 is 0. The van der Waals surface area contributed by atoms with Gasteiger partial charge in [0.2, 0.25) is 0 Å². The van der Waals surface area contributed by atoms with Gasteiger partial charge in [-0.1, -0.05) is 13.3 Å². The highest BCUT2D eigenvalue weighted by Crippen LogP contribution is 2.24. The number of likely N-dealkylation sites (N-methyl/N-ethyl adjacent to an activating group) is 1. The van der Waals surface area contributed by atoms with E-state index in [1.165, 1.54) is 25.7 Å². The molecule has 3 nitrogen and oxygen atoms in total. The lowest BCUT2D eigenvalue weighted by atomic mass is 9.91. The van der Waals surface area contributed by atoms with E-state index in [0.717, 1.165) is 25.7 Å². The fourth-order valence-electron chi connectivity index (χ4n) is 2.05. The van der Waals surface area contributed by atoms with Crippen LogP contribution in [0.4, 0.5) is 0 Å². The van der Waals surface area contributed by atoms with Gasteiger partial charge in [-0.05, 0) is 32.9 Å². The minimum absolute atomic E-state index is 0.534. The van der Waals surface area contributed by atoms with Gasteiger partial charge in [-0.15, -0.1) is 0 Å². The minimum Gasteiger partial charge on any atom is -0.383 e. The smallest absolute Gasteiger partial charge is 0.0630 e. The van der Waals surface area contributed by atoms with E-state index in [1.54, 1.807) is 7.11 Å². The van der Waals surface area contributed by atoms with Crippen LogP contribution in [0.2, 0.25) is 0 Å². The molecule has 1 unspecified atom stereocenters. The fraction of sp³-hybridized carbons (Fsp3) is 1.00. The highest BCUT2D eigenvalue weighted by Gasteiger charge is 2.27. The van der Waals surface area contributed by atoms with Crippen LogP contribution in [-0.2, 0) is 4.74 Å². The fourth-order valence-corrected chi connectivity index (χ4v) is 2.05. The van der Waals surface area contributed by atoms with Crippen LogP contribution in [0.5, 0.6) is 0 Å². The molecule has 0 aromatic rings. The van der Waals surface area contributed by atoms with Gasteiger partial charge in [0.25, 0.3) is 0 Å².